The third-order valence-corrected chi connectivity index (χ3v) is 3.20. The molecule has 0 atom stereocenters. The molecule has 0 spiro atoms. The fourth-order valence-electron chi connectivity index (χ4n) is 2.22. The fraction of sp³-hybridized carbons (Fsp3) is 0.308. The molecule has 2 N–H and O–H groups in total. The van der Waals surface area contributed by atoms with Crippen molar-refractivity contribution in [1.82, 2.24) is 14.9 Å². The van der Waals surface area contributed by atoms with Gasteiger partial charge in [-0.1, -0.05) is 0 Å². The largest absolute Gasteiger partial charge is 0.428 e. The summed E-state index contributed by atoms with van der Waals surface area (Å²) in [4.78, 5) is 22.0. The Balaban J connectivity index is 1.69. The van der Waals surface area contributed by atoms with Crippen LogP contribution in [0.1, 0.15) is 17.0 Å². The molecule has 0 aromatic carbocycles. The van der Waals surface area contributed by atoms with Crippen LogP contribution in [0.25, 0.3) is 0 Å². The SMILES string of the molecule is Nc1nc2c(o1)CCN(C(=O)Cc1ccncc1)C2. The number of rotatable bonds is 2. The van der Waals surface area contributed by atoms with E-state index in [9.17, 15) is 4.79 Å². The second-order valence-corrected chi connectivity index (χ2v) is 4.52. The van der Waals surface area contributed by atoms with Gasteiger partial charge in [-0.05, 0) is 17.7 Å². The number of carbonyl (C=O) groups is 1. The van der Waals surface area contributed by atoms with Gasteiger partial charge >= 0.3 is 0 Å². The first-order chi connectivity index (χ1) is 9.22. The number of nitrogens with zero attached hydrogens (tertiary/aromatic N) is 3. The average Bonchev–Trinajstić information content (AvgIpc) is 2.78. The zero-order valence-electron chi connectivity index (χ0n) is 10.4. The topological polar surface area (TPSA) is 85.2 Å². The summed E-state index contributed by atoms with van der Waals surface area (Å²) in [5.41, 5.74) is 7.25. The Morgan fingerprint density at radius 1 is 1.42 bits per heavy atom. The standard InChI is InChI=1S/C13H14N4O2/c14-13-16-10-8-17(6-3-11(10)19-13)12(18)7-9-1-4-15-5-2-9/h1-2,4-5H,3,6-8H2,(H2,14,16). The molecule has 3 rings (SSSR count). The van der Waals surface area contributed by atoms with Gasteiger partial charge in [-0.15, -0.1) is 0 Å². The number of nitrogen functional groups attached to an aromatic ring is 1. The van der Waals surface area contributed by atoms with Crippen molar-refractivity contribution >= 4 is 11.9 Å². The Morgan fingerprint density at radius 3 is 3.00 bits per heavy atom. The van der Waals surface area contributed by atoms with Crippen molar-refractivity contribution in [3.8, 4) is 0 Å². The normalized spacial score (nSPS) is 14.2. The Kier molecular flexibility index (Phi) is 2.91. The van der Waals surface area contributed by atoms with E-state index in [2.05, 4.69) is 9.97 Å². The molecule has 0 unspecified atom stereocenters. The number of nitrogens with two attached hydrogens (primary N) is 1. The lowest BCUT2D eigenvalue weighted by Gasteiger charge is -2.25. The highest BCUT2D eigenvalue weighted by atomic mass is 16.4. The maximum atomic E-state index is 12.2. The third-order valence-electron chi connectivity index (χ3n) is 3.20. The summed E-state index contributed by atoms with van der Waals surface area (Å²) in [6, 6.07) is 3.87. The van der Waals surface area contributed by atoms with E-state index in [1.807, 2.05) is 12.1 Å². The molecule has 6 nitrogen and oxygen atoms in total. The Morgan fingerprint density at radius 2 is 2.21 bits per heavy atom. The van der Waals surface area contributed by atoms with E-state index >= 15 is 0 Å². The van der Waals surface area contributed by atoms with Crippen LogP contribution in [-0.2, 0) is 24.2 Å². The molecule has 1 aliphatic heterocycles. The van der Waals surface area contributed by atoms with Crippen molar-refractivity contribution in [2.45, 2.75) is 19.4 Å². The van der Waals surface area contributed by atoms with Gasteiger partial charge in [0.15, 0.2) is 0 Å². The zero-order valence-corrected chi connectivity index (χ0v) is 10.4. The minimum absolute atomic E-state index is 0.0819. The molecule has 1 aliphatic rings. The summed E-state index contributed by atoms with van der Waals surface area (Å²) in [7, 11) is 0. The van der Waals surface area contributed by atoms with Crippen LogP contribution in [0.2, 0.25) is 0 Å². The Labute approximate surface area is 110 Å². The van der Waals surface area contributed by atoms with E-state index in [1.165, 1.54) is 0 Å². The van der Waals surface area contributed by atoms with Crippen molar-refractivity contribution in [2.24, 2.45) is 0 Å². The van der Waals surface area contributed by atoms with Crippen LogP contribution in [0.5, 0.6) is 0 Å². The van der Waals surface area contributed by atoms with Gasteiger partial charge in [-0.25, -0.2) is 0 Å². The van der Waals surface area contributed by atoms with Crippen molar-refractivity contribution in [3.05, 3.63) is 41.5 Å². The maximum Gasteiger partial charge on any atom is 0.292 e. The van der Waals surface area contributed by atoms with Crippen molar-refractivity contribution in [2.75, 3.05) is 12.3 Å². The molecular formula is C13H14N4O2. The average molecular weight is 258 g/mol. The lowest BCUT2D eigenvalue weighted by Crippen LogP contribution is -2.36. The summed E-state index contributed by atoms with van der Waals surface area (Å²) < 4.78 is 5.27. The molecule has 2 aromatic rings. The molecule has 0 saturated carbocycles. The first-order valence-electron chi connectivity index (χ1n) is 6.13. The van der Waals surface area contributed by atoms with Gasteiger partial charge < -0.3 is 15.1 Å². The molecule has 0 aliphatic carbocycles. The second-order valence-electron chi connectivity index (χ2n) is 4.52. The van der Waals surface area contributed by atoms with Crippen LogP contribution in [0.4, 0.5) is 6.01 Å². The minimum Gasteiger partial charge on any atom is -0.428 e. The summed E-state index contributed by atoms with van der Waals surface area (Å²) in [5.74, 6) is 0.879. The van der Waals surface area contributed by atoms with Crippen LogP contribution < -0.4 is 5.73 Å². The van der Waals surface area contributed by atoms with Gasteiger partial charge in [0.05, 0.1) is 13.0 Å². The molecular weight excluding hydrogens is 244 g/mol. The molecule has 2 aromatic heterocycles. The quantitative estimate of drug-likeness (QED) is 0.860. The fourth-order valence-corrected chi connectivity index (χ4v) is 2.22. The van der Waals surface area contributed by atoms with Gasteiger partial charge in [0.25, 0.3) is 6.01 Å². The predicted octanol–water partition coefficient (Wildman–Crippen LogP) is 0.779. The Bertz CT molecular complexity index is 594. The van der Waals surface area contributed by atoms with Crippen molar-refractivity contribution in [3.63, 3.8) is 0 Å². The number of carbonyl (C=O) groups excluding carboxylic acids is 1. The molecule has 19 heavy (non-hydrogen) atoms. The number of anilines is 1. The third kappa shape index (κ3) is 2.42. The number of oxazole rings is 1. The molecule has 6 heteroatoms. The van der Waals surface area contributed by atoms with E-state index < -0.39 is 0 Å². The second kappa shape index (κ2) is 4.72. The van der Waals surface area contributed by atoms with Gasteiger partial charge in [-0.2, -0.15) is 4.98 Å². The van der Waals surface area contributed by atoms with Crippen LogP contribution in [0.15, 0.2) is 28.9 Å². The number of amides is 1. The number of hydrogen-bond acceptors (Lipinski definition) is 5. The molecule has 1 amide bonds. The number of fused-ring (bicyclic) bond motifs is 1. The van der Waals surface area contributed by atoms with Gasteiger partial charge in [0.1, 0.15) is 11.5 Å². The van der Waals surface area contributed by atoms with E-state index in [-0.39, 0.29) is 11.9 Å². The van der Waals surface area contributed by atoms with Gasteiger partial charge in [0.2, 0.25) is 5.91 Å². The molecule has 0 fully saturated rings. The molecule has 0 bridgehead atoms. The highest BCUT2D eigenvalue weighted by molar-refractivity contribution is 5.78. The maximum absolute atomic E-state index is 12.2. The smallest absolute Gasteiger partial charge is 0.292 e. The van der Waals surface area contributed by atoms with E-state index in [0.717, 1.165) is 17.0 Å². The van der Waals surface area contributed by atoms with E-state index in [0.29, 0.717) is 25.9 Å². The summed E-state index contributed by atoms with van der Waals surface area (Å²) in [5, 5.41) is 0. The molecule has 3 heterocycles. The van der Waals surface area contributed by atoms with Crippen LogP contribution >= 0.6 is 0 Å². The lowest BCUT2D eigenvalue weighted by molar-refractivity contribution is -0.131. The first kappa shape index (κ1) is 11.7. The highest BCUT2D eigenvalue weighted by Crippen LogP contribution is 2.21. The molecule has 0 saturated heterocycles. The first-order valence-corrected chi connectivity index (χ1v) is 6.13. The van der Waals surface area contributed by atoms with Crippen LogP contribution in [0.3, 0.4) is 0 Å². The lowest BCUT2D eigenvalue weighted by atomic mass is 10.1. The molecule has 98 valence electrons. The summed E-state index contributed by atoms with van der Waals surface area (Å²) in [6.07, 6.45) is 4.43. The number of aromatic nitrogens is 2. The molecule has 0 radical (unpaired) electrons. The summed E-state index contributed by atoms with van der Waals surface area (Å²) in [6.45, 7) is 1.12. The number of pyridine rings is 1. The number of hydrogen-bond donors (Lipinski definition) is 1. The predicted molar refractivity (Wildman–Crippen MR) is 68.0 cm³/mol. The van der Waals surface area contributed by atoms with Gasteiger partial charge in [0, 0.05) is 25.4 Å². The van der Waals surface area contributed by atoms with Crippen molar-refractivity contribution < 1.29 is 9.21 Å². The van der Waals surface area contributed by atoms with Crippen molar-refractivity contribution in [1.29, 1.82) is 0 Å². The van der Waals surface area contributed by atoms with Crippen LogP contribution in [0, 0.1) is 0 Å². The van der Waals surface area contributed by atoms with Gasteiger partial charge in [-0.3, -0.25) is 9.78 Å². The monoisotopic (exact) mass is 258 g/mol. The highest BCUT2D eigenvalue weighted by Gasteiger charge is 2.24. The zero-order chi connectivity index (χ0) is 13.2. The summed E-state index contributed by atoms with van der Waals surface area (Å²) >= 11 is 0. The Hall–Kier alpha value is -2.37. The minimum atomic E-state index is 0.0819. The van der Waals surface area contributed by atoms with E-state index in [4.69, 9.17) is 10.2 Å². The van der Waals surface area contributed by atoms with E-state index in [1.54, 1.807) is 17.3 Å². The van der Waals surface area contributed by atoms with Crippen LogP contribution in [-0.4, -0.2) is 27.3 Å².